The molecule has 1 N–H and O–H groups in total. The van der Waals surface area contributed by atoms with Crippen molar-refractivity contribution in [1.82, 2.24) is 20.2 Å². The van der Waals surface area contributed by atoms with Gasteiger partial charge in [0.2, 0.25) is 5.95 Å². The monoisotopic (exact) mass is 506 g/mol. The molecule has 3 rings (SSSR count). The highest BCUT2D eigenvalue weighted by Crippen LogP contribution is 2.18. The molecule has 2 saturated heterocycles. The number of hydrogen-bond acceptors (Lipinski definition) is 6. The van der Waals surface area contributed by atoms with Crippen molar-refractivity contribution in [2.45, 2.75) is 6.42 Å². The highest BCUT2D eigenvalue weighted by atomic mass is 127. The quantitative estimate of drug-likeness (QED) is 0.273. The number of aromatic nitrogens is 2. The predicted octanol–water partition coefficient (Wildman–Crippen LogP) is 0.783. The fraction of sp³-hybridized carbons (Fsp3) is 0.588. The molecule has 0 bridgehead atoms. The molecule has 10 heteroatoms. The minimum absolute atomic E-state index is 0. The molecule has 0 spiro atoms. The lowest BCUT2D eigenvalue weighted by Gasteiger charge is -2.36. The highest BCUT2D eigenvalue weighted by Gasteiger charge is 2.28. The third kappa shape index (κ3) is 6.30. The third-order valence-corrected chi connectivity index (χ3v) is 6.48. The van der Waals surface area contributed by atoms with E-state index in [9.17, 15) is 8.42 Å². The maximum absolute atomic E-state index is 11.6. The van der Waals surface area contributed by atoms with Gasteiger partial charge in [0.15, 0.2) is 15.8 Å². The molecule has 8 nitrogen and oxygen atoms in total. The molecule has 1 unspecified atom stereocenters. The summed E-state index contributed by atoms with van der Waals surface area (Å²) >= 11 is 0. The van der Waals surface area contributed by atoms with Gasteiger partial charge >= 0.3 is 0 Å². The molecule has 150 valence electrons. The van der Waals surface area contributed by atoms with Gasteiger partial charge in [-0.25, -0.2) is 18.4 Å². The number of nitrogens with zero attached hydrogens (tertiary/aromatic N) is 5. The minimum Gasteiger partial charge on any atom is -0.353 e. The van der Waals surface area contributed by atoms with Gasteiger partial charge in [-0.3, -0.25) is 4.99 Å². The van der Waals surface area contributed by atoms with Crippen molar-refractivity contribution in [2.24, 2.45) is 10.9 Å². The lowest BCUT2D eigenvalue weighted by Crippen LogP contribution is -2.53. The van der Waals surface area contributed by atoms with Crippen LogP contribution in [0.1, 0.15) is 6.42 Å². The van der Waals surface area contributed by atoms with E-state index in [1.54, 1.807) is 18.5 Å². The molecule has 27 heavy (non-hydrogen) atoms. The van der Waals surface area contributed by atoms with Crippen molar-refractivity contribution in [1.29, 1.82) is 0 Å². The summed E-state index contributed by atoms with van der Waals surface area (Å²) in [7, 11) is -2.86. The van der Waals surface area contributed by atoms with E-state index in [1.165, 1.54) is 0 Å². The standard InChI is InChI=1S/C17H26N6O2S.HI/c1-2-5-18-17(21-13-15-4-12-26(24,25)14-15)23-10-8-22(9-11-23)16-19-6-3-7-20-16;/h2-3,6-7,15H,1,4-5,8-14H2,(H,18,21);1H. The molecular weight excluding hydrogens is 479 g/mol. The molecule has 1 aromatic rings. The van der Waals surface area contributed by atoms with Gasteiger partial charge in [0.05, 0.1) is 11.5 Å². The Bertz CT molecular complexity index is 735. The largest absolute Gasteiger partial charge is 0.353 e. The maximum atomic E-state index is 11.6. The summed E-state index contributed by atoms with van der Waals surface area (Å²) in [6.45, 7) is 8.17. The zero-order chi connectivity index (χ0) is 18.4. The van der Waals surface area contributed by atoms with Crippen LogP contribution in [-0.4, -0.2) is 80.0 Å². The molecule has 0 aliphatic carbocycles. The first kappa shape index (κ1) is 21.9. The molecule has 1 atom stereocenters. The summed E-state index contributed by atoms with van der Waals surface area (Å²) in [5, 5.41) is 3.30. The van der Waals surface area contributed by atoms with E-state index in [0.717, 1.165) is 38.1 Å². The van der Waals surface area contributed by atoms with Gasteiger partial charge in [-0.05, 0) is 18.4 Å². The first-order chi connectivity index (χ1) is 12.6. The Labute approximate surface area is 178 Å². The van der Waals surface area contributed by atoms with Gasteiger partial charge in [0.1, 0.15) is 0 Å². The molecule has 0 radical (unpaired) electrons. The van der Waals surface area contributed by atoms with E-state index in [1.807, 2.05) is 6.07 Å². The molecule has 3 heterocycles. The minimum atomic E-state index is -2.86. The number of aliphatic imine (C=N–C) groups is 1. The van der Waals surface area contributed by atoms with E-state index in [-0.39, 0.29) is 35.6 Å². The van der Waals surface area contributed by atoms with Crippen LogP contribution in [-0.2, 0) is 9.84 Å². The lowest BCUT2D eigenvalue weighted by atomic mass is 10.1. The van der Waals surface area contributed by atoms with Crippen LogP contribution in [0.5, 0.6) is 0 Å². The number of sulfone groups is 1. The van der Waals surface area contributed by atoms with E-state index in [4.69, 9.17) is 4.99 Å². The predicted molar refractivity (Wildman–Crippen MR) is 118 cm³/mol. The molecule has 2 fully saturated rings. The van der Waals surface area contributed by atoms with Gasteiger partial charge in [-0.2, -0.15) is 0 Å². The highest BCUT2D eigenvalue weighted by molar-refractivity contribution is 14.0. The number of rotatable bonds is 5. The van der Waals surface area contributed by atoms with Gasteiger partial charge < -0.3 is 15.1 Å². The van der Waals surface area contributed by atoms with Gasteiger partial charge in [0.25, 0.3) is 0 Å². The second-order valence-corrected chi connectivity index (χ2v) is 8.85. The second-order valence-electron chi connectivity index (χ2n) is 6.63. The van der Waals surface area contributed by atoms with Crippen LogP contribution in [0.25, 0.3) is 0 Å². The molecule has 0 saturated carbocycles. The van der Waals surface area contributed by atoms with Crippen LogP contribution in [0.15, 0.2) is 36.1 Å². The molecule has 0 aromatic carbocycles. The van der Waals surface area contributed by atoms with Crippen molar-refractivity contribution in [3.05, 3.63) is 31.1 Å². The average molecular weight is 506 g/mol. The molecular formula is C17H27IN6O2S. The average Bonchev–Trinajstić information content (AvgIpc) is 3.02. The van der Waals surface area contributed by atoms with Crippen LogP contribution < -0.4 is 10.2 Å². The van der Waals surface area contributed by atoms with Crippen molar-refractivity contribution in [2.75, 3.05) is 55.7 Å². The van der Waals surface area contributed by atoms with Gasteiger partial charge in [-0.1, -0.05) is 6.08 Å². The van der Waals surface area contributed by atoms with Crippen LogP contribution in [0.4, 0.5) is 5.95 Å². The fourth-order valence-corrected chi connectivity index (χ4v) is 5.08. The Morgan fingerprint density at radius 2 is 2.00 bits per heavy atom. The Morgan fingerprint density at radius 3 is 2.59 bits per heavy atom. The summed E-state index contributed by atoms with van der Waals surface area (Å²) < 4.78 is 23.3. The van der Waals surface area contributed by atoms with Crippen molar-refractivity contribution in [3.63, 3.8) is 0 Å². The molecule has 1 aromatic heterocycles. The van der Waals surface area contributed by atoms with Crippen LogP contribution in [0, 0.1) is 5.92 Å². The first-order valence-electron chi connectivity index (χ1n) is 8.94. The topological polar surface area (TPSA) is 90.8 Å². The van der Waals surface area contributed by atoms with E-state index >= 15 is 0 Å². The smallest absolute Gasteiger partial charge is 0.225 e. The zero-order valence-corrected chi connectivity index (χ0v) is 18.5. The second kappa shape index (κ2) is 10.2. The van der Waals surface area contributed by atoms with Crippen LogP contribution in [0.2, 0.25) is 0 Å². The number of anilines is 1. The van der Waals surface area contributed by atoms with Gasteiger partial charge in [-0.15, -0.1) is 30.6 Å². The van der Waals surface area contributed by atoms with Crippen molar-refractivity contribution < 1.29 is 8.42 Å². The molecule has 2 aliphatic rings. The summed E-state index contributed by atoms with van der Waals surface area (Å²) in [6.07, 6.45) is 6.01. The van der Waals surface area contributed by atoms with E-state index in [0.29, 0.717) is 25.3 Å². The SMILES string of the molecule is C=CCNC(=NCC1CCS(=O)(=O)C1)N1CCN(c2ncccn2)CC1.I. The van der Waals surface area contributed by atoms with E-state index < -0.39 is 9.84 Å². The Balaban J connectivity index is 0.00000261. The number of guanidine groups is 1. The lowest BCUT2D eigenvalue weighted by molar-refractivity contribution is 0.369. The van der Waals surface area contributed by atoms with Crippen LogP contribution >= 0.6 is 24.0 Å². The van der Waals surface area contributed by atoms with Crippen LogP contribution in [0.3, 0.4) is 0 Å². The summed E-state index contributed by atoms with van der Waals surface area (Å²) in [5.41, 5.74) is 0. The third-order valence-electron chi connectivity index (χ3n) is 4.64. The summed E-state index contributed by atoms with van der Waals surface area (Å²) in [6, 6.07) is 1.81. The van der Waals surface area contributed by atoms with Crippen molar-refractivity contribution in [3.8, 4) is 0 Å². The molecule has 0 amide bonds. The number of nitrogens with one attached hydrogen (secondary N) is 1. The summed E-state index contributed by atoms with van der Waals surface area (Å²) in [5.74, 6) is 2.24. The zero-order valence-electron chi connectivity index (χ0n) is 15.3. The fourth-order valence-electron chi connectivity index (χ4n) is 3.24. The number of piperazine rings is 1. The van der Waals surface area contributed by atoms with Crippen molar-refractivity contribution >= 4 is 45.7 Å². The normalized spacial score (nSPS) is 22.2. The molecule has 2 aliphatic heterocycles. The number of hydrogen-bond donors (Lipinski definition) is 1. The Hall–Kier alpha value is -1.43. The summed E-state index contributed by atoms with van der Waals surface area (Å²) in [4.78, 5) is 17.7. The number of halogens is 1. The first-order valence-corrected chi connectivity index (χ1v) is 10.8. The Kier molecular flexibility index (Phi) is 8.27. The van der Waals surface area contributed by atoms with E-state index in [2.05, 4.69) is 31.7 Å². The Morgan fingerprint density at radius 1 is 1.30 bits per heavy atom. The van der Waals surface area contributed by atoms with Gasteiger partial charge in [0, 0.05) is 51.7 Å². The maximum Gasteiger partial charge on any atom is 0.225 e.